The summed E-state index contributed by atoms with van der Waals surface area (Å²) in [5.41, 5.74) is 3.95. The second-order valence-electron chi connectivity index (χ2n) is 7.23. The van der Waals surface area contributed by atoms with E-state index in [-0.39, 0.29) is 17.5 Å². The first-order valence-corrected chi connectivity index (χ1v) is 9.72. The number of H-pyrrole nitrogens is 1. The molecule has 1 N–H and O–H groups in total. The average molecular weight is 386 g/mol. The predicted octanol–water partition coefficient (Wildman–Crippen LogP) is 4.99. The number of hydrogen-bond donors (Lipinski definition) is 1. The third kappa shape index (κ3) is 3.38. The molecule has 29 heavy (non-hydrogen) atoms. The lowest BCUT2D eigenvalue weighted by atomic mass is 9.98. The van der Waals surface area contributed by atoms with Gasteiger partial charge in [-0.05, 0) is 45.0 Å². The Morgan fingerprint density at radius 3 is 2.93 bits per heavy atom. The lowest BCUT2D eigenvalue weighted by Crippen LogP contribution is -2.05. The van der Waals surface area contributed by atoms with Crippen LogP contribution in [0.3, 0.4) is 0 Å². The number of rotatable bonds is 5. The molecule has 0 amide bonds. The summed E-state index contributed by atoms with van der Waals surface area (Å²) in [5, 5.41) is 10.6. The van der Waals surface area contributed by atoms with Gasteiger partial charge in [0.05, 0.1) is 12.2 Å². The van der Waals surface area contributed by atoms with E-state index in [0.717, 1.165) is 34.3 Å². The van der Waals surface area contributed by atoms with E-state index < -0.39 is 0 Å². The third-order valence-corrected chi connectivity index (χ3v) is 5.11. The van der Waals surface area contributed by atoms with Crippen LogP contribution in [0.25, 0.3) is 17.0 Å². The number of aromatic nitrogens is 1. The van der Waals surface area contributed by atoms with Crippen LogP contribution < -0.4 is 9.47 Å². The fourth-order valence-corrected chi connectivity index (χ4v) is 3.86. The Morgan fingerprint density at radius 2 is 2.17 bits per heavy atom. The number of nitrogens with one attached hydrogen (secondary N) is 1. The molecule has 146 valence electrons. The number of benzene rings is 2. The van der Waals surface area contributed by atoms with Crippen LogP contribution in [0.1, 0.15) is 41.0 Å². The molecular weight excluding hydrogens is 364 g/mol. The fourth-order valence-electron chi connectivity index (χ4n) is 3.86. The maximum atomic E-state index is 13.2. The van der Waals surface area contributed by atoms with E-state index in [1.54, 1.807) is 6.08 Å². The van der Waals surface area contributed by atoms with Gasteiger partial charge in [0.1, 0.15) is 29.2 Å². The van der Waals surface area contributed by atoms with Gasteiger partial charge in [0, 0.05) is 34.1 Å². The van der Waals surface area contributed by atoms with Gasteiger partial charge in [-0.15, -0.1) is 0 Å². The summed E-state index contributed by atoms with van der Waals surface area (Å²) >= 11 is 0. The summed E-state index contributed by atoms with van der Waals surface area (Å²) in [7, 11) is 0. The highest BCUT2D eigenvalue weighted by Gasteiger charge is 2.23. The van der Waals surface area contributed by atoms with Gasteiger partial charge in [-0.25, -0.2) is 0 Å². The monoisotopic (exact) mass is 386 g/mol. The fraction of sp³-hybridized carbons (Fsp3) is 0.250. The Labute approximate surface area is 169 Å². The van der Waals surface area contributed by atoms with Crippen LogP contribution >= 0.6 is 0 Å². The zero-order valence-electron chi connectivity index (χ0n) is 16.7. The van der Waals surface area contributed by atoms with E-state index in [2.05, 4.69) is 11.1 Å². The second-order valence-corrected chi connectivity index (χ2v) is 7.23. The molecule has 0 saturated carbocycles. The first-order valence-electron chi connectivity index (χ1n) is 9.72. The zero-order chi connectivity index (χ0) is 20.5. The maximum absolute atomic E-state index is 13.2. The van der Waals surface area contributed by atoms with Crippen molar-refractivity contribution in [3.05, 3.63) is 64.4 Å². The summed E-state index contributed by atoms with van der Waals surface area (Å²) < 4.78 is 11.6. The van der Waals surface area contributed by atoms with Crippen molar-refractivity contribution in [3.63, 3.8) is 0 Å². The van der Waals surface area contributed by atoms with Crippen LogP contribution in [0, 0.1) is 18.3 Å². The number of ketones is 1. The predicted molar refractivity (Wildman–Crippen MR) is 112 cm³/mol. The molecule has 0 unspecified atom stereocenters. The van der Waals surface area contributed by atoms with Gasteiger partial charge in [-0.2, -0.15) is 5.26 Å². The van der Waals surface area contributed by atoms with E-state index in [0.29, 0.717) is 23.5 Å². The number of carbonyl (C=O) groups is 1. The normalized spacial score (nSPS) is 15.7. The number of ether oxygens (including phenoxy) is 2. The number of nitrogens with zero attached hydrogens (tertiary/aromatic N) is 1. The molecule has 0 bridgehead atoms. The first-order chi connectivity index (χ1) is 14.0. The molecule has 2 aromatic carbocycles. The Bertz CT molecular complexity index is 1180. The Balaban J connectivity index is 1.80. The molecule has 1 aliphatic rings. The van der Waals surface area contributed by atoms with Crippen LogP contribution in [-0.4, -0.2) is 23.5 Å². The van der Waals surface area contributed by atoms with Gasteiger partial charge in [0.15, 0.2) is 0 Å². The standard InChI is InChI=1S/C24H22N2O3/c1-4-28-21-11-16-9-14(2)29-22(16)12-17(21)10-18(13-25)24(27)23-15(3)26-20-8-6-5-7-19(20)23/h5-8,10-12,14,26H,4,9H2,1-3H3/b18-10+/t14-/m0/s1. The number of aromatic amines is 1. The lowest BCUT2D eigenvalue weighted by Gasteiger charge is -2.10. The van der Waals surface area contributed by atoms with Crippen LogP contribution in [0.5, 0.6) is 11.5 Å². The lowest BCUT2D eigenvalue weighted by molar-refractivity contribution is 0.104. The number of hydrogen-bond acceptors (Lipinski definition) is 4. The van der Waals surface area contributed by atoms with E-state index in [1.807, 2.05) is 57.2 Å². The zero-order valence-corrected chi connectivity index (χ0v) is 16.7. The van der Waals surface area contributed by atoms with Crippen molar-refractivity contribution in [2.24, 2.45) is 0 Å². The summed E-state index contributed by atoms with van der Waals surface area (Å²) in [4.78, 5) is 16.5. The highest BCUT2D eigenvalue weighted by Crippen LogP contribution is 2.36. The van der Waals surface area contributed by atoms with Gasteiger partial charge < -0.3 is 14.5 Å². The van der Waals surface area contributed by atoms with Crippen LogP contribution in [0.15, 0.2) is 42.0 Å². The average Bonchev–Trinajstić information content (AvgIpc) is 3.23. The number of allylic oxidation sites excluding steroid dienone is 1. The molecule has 0 spiro atoms. The van der Waals surface area contributed by atoms with Gasteiger partial charge >= 0.3 is 0 Å². The van der Waals surface area contributed by atoms with Crippen molar-refractivity contribution >= 4 is 22.8 Å². The van der Waals surface area contributed by atoms with Gasteiger partial charge in [0.25, 0.3) is 0 Å². The van der Waals surface area contributed by atoms with Crippen molar-refractivity contribution < 1.29 is 14.3 Å². The Kier molecular flexibility index (Phi) is 4.85. The van der Waals surface area contributed by atoms with Gasteiger partial charge in [-0.3, -0.25) is 4.79 Å². The highest BCUT2D eigenvalue weighted by molar-refractivity contribution is 6.20. The Morgan fingerprint density at radius 1 is 1.38 bits per heavy atom. The minimum atomic E-state index is -0.306. The van der Waals surface area contributed by atoms with E-state index in [4.69, 9.17) is 9.47 Å². The smallest absolute Gasteiger partial charge is 0.205 e. The molecule has 0 saturated heterocycles. The number of para-hydroxylation sites is 1. The first kappa shape index (κ1) is 18.8. The van der Waals surface area contributed by atoms with Crippen LogP contribution in [0.4, 0.5) is 0 Å². The minimum absolute atomic E-state index is 0.0600. The number of aryl methyl sites for hydroxylation is 1. The molecule has 3 aromatic rings. The van der Waals surface area contributed by atoms with Crippen molar-refractivity contribution in [3.8, 4) is 17.6 Å². The molecule has 1 atom stereocenters. The number of carbonyl (C=O) groups excluding carboxylic acids is 1. The van der Waals surface area contributed by atoms with E-state index in [9.17, 15) is 10.1 Å². The number of Topliss-reactive ketones (excluding diaryl/α,β-unsaturated/α-hetero) is 1. The SMILES string of the molecule is CCOc1cc2c(cc1/C=C(\C#N)C(=O)c1c(C)[nH]c3ccccc13)O[C@@H](C)C2. The van der Waals surface area contributed by atoms with Gasteiger partial charge in [0.2, 0.25) is 5.78 Å². The molecule has 1 aliphatic heterocycles. The topological polar surface area (TPSA) is 75.1 Å². The molecule has 1 aromatic heterocycles. The van der Waals surface area contributed by atoms with Crippen molar-refractivity contribution in [2.75, 3.05) is 6.61 Å². The van der Waals surface area contributed by atoms with E-state index in [1.165, 1.54) is 0 Å². The van der Waals surface area contributed by atoms with Crippen LogP contribution in [0.2, 0.25) is 0 Å². The summed E-state index contributed by atoms with van der Waals surface area (Å²) in [6.45, 7) is 6.26. The molecule has 0 fully saturated rings. The largest absolute Gasteiger partial charge is 0.493 e. The van der Waals surface area contributed by atoms with Crippen LogP contribution in [-0.2, 0) is 6.42 Å². The number of fused-ring (bicyclic) bond motifs is 2. The summed E-state index contributed by atoms with van der Waals surface area (Å²) in [6, 6.07) is 13.5. The van der Waals surface area contributed by atoms with Crippen molar-refractivity contribution in [2.45, 2.75) is 33.3 Å². The molecule has 5 heteroatoms. The van der Waals surface area contributed by atoms with E-state index >= 15 is 0 Å². The van der Waals surface area contributed by atoms with Crippen molar-refractivity contribution in [1.29, 1.82) is 5.26 Å². The quantitative estimate of drug-likeness (QED) is 0.381. The molecule has 5 nitrogen and oxygen atoms in total. The van der Waals surface area contributed by atoms with Gasteiger partial charge in [-0.1, -0.05) is 18.2 Å². The molecule has 2 heterocycles. The summed E-state index contributed by atoms with van der Waals surface area (Å²) in [6.07, 6.45) is 2.52. The minimum Gasteiger partial charge on any atom is -0.493 e. The Hall–Kier alpha value is -3.52. The molecule has 0 radical (unpaired) electrons. The van der Waals surface area contributed by atoms with Crippen molar-refractivity contribution in [1.82, 2.24) is 4.98 Å². The molecular formula is C24H22N2O3. The third-order valence-electron chi connectivity index (χ3n) is 5.11. The highest BCUT2D eigenvalue weighted by atomic mass is 16.5. The molecule has 0 aliphatic carbocycles. The number of nitriles is 1. The summed E-state index contributed by atoms with van der Waals surface area (Å²) in [5.74, 6) is 1.13. The second kappa shape index (κ2) is 7.48. The maximum Gasteiger partial charge on any atom is 0.205 e. The molecule has 4 rings (SSSR count).